The van der Waals surface area contributed by atoms with E-state index in [0.717, 1.165) is 12.2 Å². The second-order valence-electron chi connectivity index (χ2n) is 20.2. The Kier molecular flexibility index (Phi) is 23.6. The number of amides is 2. The molecule has 78 heavy (non-hydrogen) atoms. The standard InChI is InChI=1S/C58H74N2O18/c1-9-49(63)71-27-29-73-51(65)25-23-47(61)59-43-19-15-41(16-20-43)57(69)77-53-33(3)31-45(35(5)37(53)7)75-55(67)39-11-13-40(14-12-39)56(68)76-46-32-34(4)54(38(8)36(46)6)78-58(70)42-17-21-44(22-18-42)60-48(62)24-26-52(66)74-30-28-72-50(64)10-2/h9-10,31-32,39-44H,1-2,11-30H2,3-8H3,(H,59,61)(H,60,62). The van der Waals surface area contributed by atoms with E-state index in [1.54, 1.807) is 53.7 Å². The Morgan fingerprint density at radius 1 is 0.423 bits per heavy atom. The second kappa shape index (κ2) is 30.0. The number of benzene rings is 2. The maximum absolute atomic E-state index is 13.5. The van der Waals surface area contributed by atoms with Gasteiger partial charge in [-0.3, -0.25) is 38.4 Å². The van der Waals surface area contributed by atoms with Crippen LogP contribution in [0, 0.1) is 65.2 Å². The highest BCUT2D eigenvalue weighted by Gasteiger charge is 2.35. The van der Waals surface area contributed by atoms with E-state index in [9.17, 15) is 47.9 Å². The molecule has 0 aliphatic heterocycles. The summed E-state index contributed by atoms with van der Waals surface area (Å²) < 4.78 is 43.2. The van der Waals surface area contributed by atoms with Crippen LogP contribution in [0.1, 0.15) is 136 Å². The average Bonchev–Trinajstić information content (AvgIpc) is 3.43. The fourth-order valence-electron chi connectivity index (χ4n) is 9.72. The molecular formula is C58H74N2O18. The van der Waals surface area contributed by atoms with Crippen molar-refractivity contribution in [3.8, 4) is 23.0 Å². The van der Waals surface area contributed by atoms with Gasteiger partial charge in [-0.25, -0.2) is 9.59 Å². The van der Waals surface area contributed by atoms with Crippen molar-refractivity contribution >= 4 is 59.6 Å². The van der Waals surface area contributed by atoms with Gasteiger partial charge in [-0.05, 0) is 164 Å². The maximum atomic E-state index is 13.5. The summed E-state index contributed by atoms with van der Waals surface area (Å²) in [4.78, 5) is 125. The summed E-state index contributed by atoms with van der Waals surface area (Å²) in [6.45, 7) is 16.8. The highest BCUT2D eigenvalue weighted by Crippen LogP contribution is 2.39. The number of aryl methyl sites for hydroxylation is 2. The number of nitrogens with one attached hydrogen (secondary N) is 2. The molecule has 424 valence electrons. The van der Waals surface area contributed by atoms with Crippen molar-refractivity contribution in [3.63, 3.8) is 0 Å². The molecule has 20 nitrogen and oxygen atoms in total. The summed E-state index contributed by atoms with van der Waals surface area (Å²) in [6.07, 6.45) is 7.49. The Bertz CT molecular complexity index is 2400. The van der Waals surface area contributed by atoms with Gasteiger partial charge in [-0.15, -0.1) is 0 Å². The van der Waals surface area contributed by atoms with Gasteiger partial charge in [0.15, 0.2) is 0 Å². The minimum Gasteiger partial charge on any atom is -0.462 e. The third kappa shape index (κ3) is 18.4. The van der Waals surface area contributed by atoms with Crippen molar-refractivity contribution in [1.82, 2.24) is 10.6 Å². The van der Waals surface area contributed by atoms with Crippen LogP contribution in [0.25, 0.3) is 0 Å². The summed E-state index contributed by atoms with van der Waals surface area (Å²) in [5, 5.41) is 5.84. The molecule has 0 unspecified atom stereocenters. The number of hydrogen-bond donors (Lipinski definition) is 2. The number of rotatable bonds is 24. The largest absolute Gasteiger partial charge is 0.462 e. The molecule has 0 atom stereocenters. The van der Waals surface area contributed by atoms with Crippen LogP contribution in [0.3, 0.4) is 0 Å². The Morgan fingerprint density at radius 2 is 0.718 bits per heavy atom. The fourth-order valence-corrected chi connectivity index (χ4v) is 9.72. The number of ether oxygens (including phenoxy) is 8. The highest BCUT2D eigenvalue weighted by atomic mass is 16.6. The van der Waals surface area contributed by atoms with Gasteiger partial charge in [0.2, 0.25) is 11.8 Å². The first-order chi connectivity index (χ1) is 37.2. The van der Waals surface area contributed by atoms with Crippen LogP contribution in [0.4, 0.5) is 0 Å². The maximum Gasteiger partial charge on any atom is 0.330 e. The fraction of sp³-hybridized carbons (Fsp3) is 0.552. The molecule has 2 N–H and O–H groups in total. The monoisotopic (exact) mass is 1090 g/mol. The van der Waals surface area contributed by atoms with E-state index < -0.39 is 47.7 Å². The number of hydrogen-bond acceptors (Lipinski definition) is 18. The molecule has 0 spiro atoms. The molecule has 3 fully saturated rings. The molecule has 20 heteroatoms. The minimum atomic E-state index is -0.627. The Labute approximate surface area is 455 Å². The molecule has 0 radical (unpaired) electrons. The summed E-state index contributed by atoms with van der Waals surface area (Å²) >= 11 is 0. The minimum absolute atomic E-state index is 0.0655. The third-order valence-corrected chi connectivity index (χ3v) is 14.7. The van der Waals surface area contributed by atoms with Crippen molar-refractivity contribution < 1.29 is 85.8 Å². The third-order valence-electron chi connectivity index (χ3n) is 14.7. The van der Waals surface area contributed by atoms with E-state index in [4.69, 9.17) is 37.9 Å². The summed E-state index contributed by atoms with van der Waals surface area (Å²) in [5.41, 5.74) is 3.85. The lowest BCUT2D eigenvalue weighted by Gasteiger charge is -2.28. The first-order valence-corrected chi connectivity index (χ1v) is 26.7. The van der Waals surface area contributed by atoms with E-state index in [1.807, 2.05) is 0 Å². The zero-order valence-corrected chi connectivity index (χ0v) is 45.7. The summed E-state index contributed by atoms with van der Waals surface area (Å²) in [5.74, 6) is -4.77. The van der Waals surface area contributed by atoms with Gasteiger partial charge in [0.1, 0.15) is 49.4 Å². The van der Waals surface area contributed by atoms with Gasteiger partial charge in [0.05, 0.1) is 36.5 Å². The van der Waals surface area contributed by atoms with E-state index >= 15 is 0 Å². The molecule has 2 aromatic rings. The summed E-state index contributed by atoms with van der Waals surface area (Å²) in [6, 6.07) is 3.06. The molecule has 3 aliphatic carbocycles. The van der Waals surface area contributed by atoms with E-state index in [-0.39, 0.29) is 99.8 Å². The molecule has 0 saturated heterocycles. The molecule has 0 bridgehead atoms. The molecule has 2 aromatic carbocycles. The lowest BCUT2D eigenvalue weighted by atomic mass is 9.82. The van der Waals surface area contributed by atoms with Crippen LogP contribution in [0.15, 0.2) is 37.4 Å². The second-order valence-corrected chi connectivity index (χ2v) is 20.2. The van der Waals surface area contributed by atoms with Crippen LogP contribution in [0.5, 0.6) is 23.0 Å². The van der Waals surface area contributed by atoms with Gasteiger partial charge >= 0.3 is 47.8 Å². The van der Waals surface area contributed by atoms with E-state index in [1.165, 1.54) is 0 Å². The van der Waals surface area contributed by atoms with Crippen molar-refractivity contribution in [2.75, 3.05) is 26.4 Å². The topological polar surface area (TPSA) is 269 Å². The van der Waals surface area contributed by atoms with Crippen molar-refractivity contribution in [3.05, 3.63) is 70.8 Å². The van der Waals surface area contributed by atoms with Crippen LogP contribution >= 0.6 is 0 Å². The zero-order valence-electron chi connectivity index (χ0n) is 45.7. The molecule has 5 rings (SSSR count). The van der Waals surface area contributed by atoms with Gasteiger partial charge < -0.3 is 48.5 Å². The van der Waals surface area contributed by atoms with Gasteiger partial charge in [0.25, 0.3) is 0 Å². The SMILES string of the molecule is C=CC(=O)OCCOC(=O)CCC(=O)NC1CCC(C(=O)Oc2c(C)cc(OC(=O)C3CCC(C(=O)Oc4cc(C)c(OC(=O)C5CCC(NC(=O)CCC(=O)OCCOC(=O)C=C)CC5)c(C)c4C)CC3)c(C)c2C)CC1. The normalized spacial score (nSPS) is 19.8. The Hall–Kier alpha value is -7.38. The lowest BCUT2D eigenvalue weighted by molar-refractivity contribution is -0.150. The average molecular weight is 1090 g/mol. The molecule has 0 aromatic heterocycles. The van der Waals surface area contributed by atoms with Crippen molar-refractivity contribution in [1.29, 1.82) is 0 Å². The Morgan fingerprint density at radius 3 is 1.04 bits per heavy atom. The number of carbonyl (C=O) groups is 10. The van der Waals surface area contributed by atoms with Gasteiger partial charge in [-0.2, -0.15) is 0 Å². The molecular weight excluding hydrogens is 1010 g/mol. The first-order valence-electron chi connectivity index (χ1n) is 26.7. The predicted octanol–water partition coefficient (Wildman–Crippen LogP) is 7.12. The Balaban J connectivity index is 1.01. The molecule has 0 heterocycles. The van der Waals surface area contributed by atoms with E-state index in [0.29, 0.717) is 133 Å². The predicted molar refractivity (Wildman–Crippen MR) is 280 cm³/mol. The van der Waals surface area contributed by atoms with Crippen LogP contribution in [-0.4, -0.2) is 98.1 Å². The molecule has 2 amide bonds. The van der Waals surface area contributed by atoms with E-state index in [2.05, 4.69) is 23.8 Å². The van der Waals surface area contributed by atoms with Gasteiger partial charge in [-0.1, -0.05) is 13.2 Å². The quantitative estimate of drug-likeness (QED) is 0.0348. The first kappa shape index (κ1) is 61.5. The number of carbonyl (C=O) groups excluding carboxylic acids is 10. The van der Waals surface area contributed by atoms with Crippen molar-refractivity contribution in [2.24, 2.45) is 23.7 Å². The number of esters is 8. The zero-order chi connectivity index (χ0) is 57.1. The van der Waals surface area contributed by atoms with Gasteiger partial charge in [0, 0.05) is 37.1 Å². The summed E-state index contributed by atoms with van der Waals surface area (Å²) in [7, 11) is 0. The van der Waals surface area contributed by atoms with Crippen molar-refractivity contribution in [2.45, 2.75) is 156 Å². The lowest BCUT2D eigenvalue weighted by Crippen LogP contribution is -2.39. The highest BCUT2D eigenvalue weighted by molar-refractivity contribution is 5.84. The van der Waals surface area contributed by atoms with Crippen LogP contribution in [-0.2, 0) is 66.9 Å². The smallest absolute Gasteiger partial charge is 0.330 e. The molecule has 3 saturated carbocycles. The van der Waals surface area contributed by atoms with Crippen LogP contribution < -0.4 is 29.6 Å². The molecule has 3 aliphatic rings. The van der Waals surface area contributed by atoms with Crippen LogP contribution in [0.2, 0.25) is 0 Å².